The van der Waals surface area contributed by atoms with Crippen LogP contribution in [-0.4, -0.2) is 37.6 Å². The van der Waals surface area contributed by atoms with E-state index in [0.29, 0.717) is 13.1 Å². The van der Waals surface area contributed by atoms with Gasteiger partial charge in [-0.1, -0.05) is 6.92 Å². The fourth-order valence-electron chi connectivity index (χ4n) is 2.30. The molecule has 0 spiro atoms. The molecule has 0 saturated carbocycles. The van der Waals surface area contributed by atoms with Gasteiger partial charge in [0.1, 0.15) is 11.5 Å². The van der Waals surface area contributed by atoms with E-state index in [-0.39, 0.29) is 38.3 Å². The predicted octanol–water partition coefficient (Wildman–Crippen LogP) is 1.01. The monoisotopic (exact) mass is 370 g/mol. The van der Waals surface area contributed by atoms with Crippen LogP contribution in [0.1, 0.15) is 12.5 Å². The largest absolute Gasteiger partial charge is 0.497 e. The van der Waals surface area contributed by atoms with E-state index in [0.717, 1.165) is 17.1 Å². The van der Waals surface area contributed by atoms with Gasteiger partial charge in [0.2, 0.25) is 5.91 Å². The first-order valence-electron chi connectivity index (χ1n) is 6.32. The molecule has 1 saturated heterocycles. The summed E-state index contributed by atoms with van der Waals surface area (Å²) in [5.41, 5.74) is 6.87. The van der Waals surface area contributed by atoms with Crippen LogP contribution in [0.5, 0.6) is 11.5 Å². The second-order valence-corrected chi connectivity index (χ2v) is 4.85. The quantitative estimate of drug-likeness (QED) is 0.803. The number of rotatable bonds is 4. The van der Waals surface area contributed by atoms with Gasteiger partial charge in [0.25, 0.3) is 0 Å². The van der Waals surface area contributed by atoms with E-state index in [1.165, 1.54) is 0 Å². The van der Waals surface area contributed by atoms with Crippen LogP contribution in [-0.2, 0) is 31.8 Å². The summed E-state index contributed by atoms with van der Waals surface area (Å²) in [6.07, 6.45) is 0. The number of likely N-dealkylation sites (tertiary alicyclic amines) is 1. The number of methoxy groups -OCH3 is 2. The van der Waals surface area contributed by atoms with Crippen molar-refractivity contribution in [3.05, 3.63) is 23.8 Å². The molecular formula is C14H20N2O3Pd. The predicted molar refractivity (Wildman–Crippen MR) is 72.1 cm³/mol. The maximum Gasteiger partial charge on any atom is 0.227 e. The van der Waals surface area contributed by atoms with Gasteiger partial charge in [0.15, 0.2) is 0 Å². The first-order valence-corrected chi connectivity index (χ1v) is 6.32. The second-order valence-electron chi connectivity index (χ2n) is 4.85. The SMILES string of the molecule is COc1ccc(CN2C[C@@H](N)[C@H](C)C2=O)c(OC)c1.[Pd]. The van der Waals surface area contributed by atoms with E-state index in [9.17, 15) is 4.79 Å². The van der Waals surface area contributed by atoms with Gasteiger partial charge in [-0.2, -0.15) is 0 Å². The van der Waals surface area contributed by atoms with Crippen molar-refractivity contribution in [3.8, 4) is 11.5 Å². The zero-order valence-corrected chi connectivity index (χ0v) is 13.4. The normalized spacial score (nSPS) is 21.6. The molecule has 2 rings (SSSR count). The van der Waals surface area contributed by atoms with Gasteiger partial charge in [-0.25, -0.2) is 0 Å². The summed E-state index contributed by atoms with van der Waals surface area (Å²) in [6.45, 7) is 2.98. The Bertz CT molecular complexity index is 481. The van der Waals surface area contributed by atoms with Crippen LogP contribution in [0.25, 0.3) is 0 Å². The summed E-state index contributed by atoms with van der Waals surface area (Å²) >= 11 is 0. The molecule has 0 aliphatic carbocycles. The fraction of sp³-hybridized carbons (Fsp3) is 0.500. The molecule has 0 aromatic heterocycles. The maximum absolute atomic E-state index is 12.0. The Kier molecular flexibility index (Phi) is 6.00. The Labute approximate surface area is 133 Å². The standard InChI is InChI=1S/C14H20N2O3.Pd/c1-9-12(15)8-16(14(9)17)7-10-4-5-11(18-2)6-13(10)19-3;/h4-6,9,12H,7-8,15H2,1-3H3;/t9-,12+;/m0./s1. The van der Waals surface area contributed by atoms with Crippen LogP contribution >= 0.6 is 0 Å². The number of hydrogen-bond donors (Lipinski definition) is 1. The third-order valence-corrected chi connectivity index (χ3v) is 3.63. The van der Waals surface area contributed by atoms with E-state index in [4.69, 9.17) is 15.2 Å². The molecule has 6 heteroatoms. The third-order valence-electron chi connectivity index (χ3n) is 3.63. The van der Waals surface area contributed by atoms with E-state index in [1.807, 2.05) is 25.1 Å². The summed E-state index contributed by atoms with van der Waals surface area (Å²) in [6, 6.07) is 5.51. The molecule has 0 unspecified atom stereocenters. The van der Waals surface area contributed by atoms with Gasteiger partial charge in [-0.05, 0) is 12.1 Å². The van der Waals surface area contributed by atoms with Gasteiger partial charge < -0.3 is 20.1 Å². The first-order chi connectivity index (χ1) is 9.06. The Morgan fingerprint density at radius 2 is 2.05 bits per heavy atom. The summed E-state index contributed by atoms with van der Waals surface area (Å²) < 4.78 is 10.5. The van der Waals surface area contributed by atoms with Gasteiger partial charge in [-0.3, -0.25) is 4.79 Å². The Hall–Kier alpha value is -1.09. The molecule has 114 valence electrons. The van der Waals surface area contributed by atoms with Gasteiger partial charge in [0, 0.05) is 51.2 Å². The van der Waals surface area contributed by atoms with Crippen LogP contribution in [0.2, 0.25) is 0 Å². The molecule has 2 N–H and O–H groups in total. The number of nitrogens with zero attached hydrogens (tertiary/aromatic N) is 1. The molecule has 1 amide bonds. The molecule has 1 aromatic carbocycles. The van der Waals surface area contributed by atoms with Gasteiger partial charge in [-0.15, -0.1) is 0 Å². The van der Waals surface area contributed by atoms with Crippen LogP contribution in [0, 0.1) is 5.92 Å². The number of nitrogens with two attached hydrogens (primary N) is 1. The van der Waals surface area contributed by atoms with Gasteiger partial charge >= 0.3 is 0 Å². The van der Waals surface area contributed by atoms with Crippen molar-refractivity contribution in [2.75, 3.05) is 20.8 Å². The topological polar surface area (TPSA) is 64.8 Å². The molecule has 0 bridgehead atoms. The molecule has 5 nitrogen and oxygen atoms in total. The molecule has 1 aromatic rings. The maximum atomic E-state index is 12.0. The molecule has 1 aliphatic rings. The minimum atomic E-state index is -0.107. The molecule has 2 atom stereocenters. The smallest absolute Gasteiger partial charge is 0.227 e. The number of ether oxygens (including phenoxy) is 2. The summed E-state index contributed by atoms with van der Waals surface area (Å²) in [7, 11) is 3.22. The van der Waals surface area contributed by atoms with Crippen molar-refractivity contribution >= 4 is 5.91 Å². The second kappa shape index (κ2) is 7.07. The number of hydrogen-bond acceptors (Lipinski definition) is 4. The van der Waals surface area contributed by atoms with Crippen LogP contribution in [0.15, 0.2) is 18.2 Å². The Morgan fingerprint density at radius 1 is 1.35 bits per heavy atom. The molecule has 1 fully saturated rings. The number of carbonyl (C=O) groups is 1. The molecule has 20 heavy (non-hydrogen) atoms. The third kappa shape index (κ3) is 3.32. The van der Waals surface area contributed by atoms with E-state index in [2.05, 4.69) is 0 Å². The number of amides is 1. The van der Waals surface area contributed by atoms with E-state index in [1.54, 1.807) is 19.1 Å². The van der Waals surface area contributed by atoms with Crippen molar-refractivity contribution in [1.29, 1.82) is 0 Å². The minimum Gasteiger partial charge on any atom is -0.497 e. The Balaban J connectivity index is 0.00000200. The van der Waals surface area contributed by atoms with E-state index >= 15 is 0 Å². The van der Waals surface area contributed by atoms with Crippen molar-refractivity contribution in [3.63, 3.8) is 0 Å². The zero-order chi connectivity index (χ0) is 14.0. The summed E-state index contributed by atoms with van der Waals surface area (Å²) in [5.74, 6) is 1.45. The van der Waals surface area contributed by atoms with Crippen molar-refractivity contribution in [2.24, 2.45) is 11.7 Å². The van der Waals surface area contributed by atoms with Crippen molar-refractivity contribution < 1.29 is 34.7 Å². The average Bonchev–Trinajstić information content (AvgIpc) is 2.67. The van der Waals surface area contributed by atoms with Crippen molar-refractivity contribution in [1.82, 2.24) is 4.90 Å². The minimum absolute atomic E-state index is 0. The van der Waals surface area contributed by atoms with Crippen LogP contribution in [0.4, 0.5) is 0 Å². The Morgan fingerprint density at radius 3 is 2.55 bits per heavy atom. The van der Waals surface area contributed by atoms with Crippen molar-refractivity contribution in [2.45, 2.75) is 19.5 Å². The summed E-state index contributed by atoms with van der Waals surface area (Å²) in [5, 5.41) is 0. The molecule has 1 aliphatic heterocycles. The average molecular weight is 371 g/mol. The zero-order valence-electron chi connectivity index (χ0n) is 11.9. The number of carbonyl (C=O) groups excluding carboxylic acids is 1. The first kappa shape index (κ1) is 17.0. The van der Waals surface area contributed by atoms with Gasteiger partial charge in [0.05, 0.1) is 20.1 Å². The van der Waals surface area contributed by atoms with E-state index < -0.39 is 0 Å². The molecule has 1 heterocycles. The molecular weight excluding hydrogens is 351 g/mol. The number of benzene rings is 1. The van der Waals surface area contributed by atoms with Crippen LogP contribution < -0.4 is 15.2 Å². The fourth-order valence-corrected chi connectivity index (χ4v) is 2.30. The molecule has 0 radical (unpaired) electrons. The van der Waals surface area contributed by atoms with Crippen LogP contribution in [0.3, 0.4) is 0 Å². The summed E-state index contributed by atoms with van der Waals surface area (Å²) in [4.78, 5) is 13.8.